The summed E-state index contributed by atoms with van der Waals surface area (Å²) in [6, 6.07) is 5.75. The Morgan fingerprint density at radius 3 is 2.67 bits per heavy atom. The van der Waals surface area contributed by atoms with Gasteiger partial charge in [-0.1, -0.05) is 6.07 Å². The molecular weight excluding hydrogens is 192 g/mol. The summed E-state index contributed by atoms with van der Waals surface area (Å²) in [7, 11) is 0. The third kappa shape index (κ3) is 1.40. The van der Waals surface area contributed by atoms with Gasteiger partial charge in [-0.3, -0.25) is 0 Å². The zero-order chi connectivity index (χ0) is 10.1. The first-order chi connectivity index (χ1) is 7.43. The molecule has 1 aliphatic rings. The van der Waals surface area contributed by atoms with Crippen LogP contribution in [0.1, 0.15) is 0 Å². The third-order valence-electron chi connectivity index (χ3n) is 2.23. The summed E-state index contributed by atoms with van der Waals surface area (Å²) in [4.78, 5) is 7.69. The first-order valence-electron chi connectivity index (χ1n) is 4.51. The van der Waals surface area contributed by atoms with Gasteiger partial charge in [-0.25, -0.2) is 9.97 Å². The van der Waals surface area contributed by atoms with E-state index in [1.54, 1.807) is 12.4 Å². The van der Waals surface area contributed by atoms with Crippen molar-refractivity contribution in [3.8, 4) is 22.6 Å². The van der Waals surface area contributed by atoms with E-state index in [0.717, 1.165) is 22.6 Å². The van der Waals surface area contributed by atoms with Crippen molar-refractivity contribution in [2.24, 2.45) is 0 Å². The molecule has 1 radical (unpaired) electrons. The minimum Gasteiger partial charge on any atom is -0.454 e. The number of ether oxygens (including phenoxy) is 2. The fourth-order valence-corrected chi connectivity index (χ4v) is 1.49. The van der Waals surface area contributed by atoms with Crippen LogP contribution in [0.2, 0.25) is 0 Å². The van der Waals surface area contributed by atoms with Crippen molar-refractivity contribution in [3.63, 3.8) is 0 Å². The van der Waals surface area contributed by atoms with Crippen molar-refractivity contribution in [1.82, 2.24) is 9.97 Å². The van der Waals surface area contributed by atoms with Gasteiger partial charge >= 0.3 is 0 Å². The first kappa shape index (κ1) is 8.23. The van der Waals surface area contributed by atoms with Crippen LogP contribution in [0.15, 0.2) is 30.6 Å². The standard InChI is InChI=1S/C11H7N2O2/c1-2-10-11(15-7-14-10)3-8(1)9-4-12-6-13-5-9/h1-5H,7H2. The first-order valence-corrected chi connectivity index (χ1v) is 4.51. The molecule has 73 valence electrons. The highest BCUT2D eigenvalue weighted by Crippen LogP contribution is 2.35. The highest BCUT2D eigenvalue weighted by Gasteiger charge is 2.13. The summed E-state index contributed by atoms with van der Waals surface area (Å²) in [5.41, 5.74) is 1.94. The zero-order valence-corrected chi connectivity index (χ0v) is 7.80. The molecule has 2 heterocycles. The summed E-state index contributed by atoms with van der Waals surface area (Å²) in [5, 5.41) is 0. The fraction of sp³-hybridized carbons (Fsp3) is 0.0909. The lowest BCUT2D eigenvalue weighted by atomic mass is 10.1. The minimum atomic E-state index is 0.290. The molecule has 0 N–H and O–H groups in total. The average Bonchev–Trinajstić information content (AvgIpc) is 2.77. The Hall–Kier alpha value is -2.10. The van der Waals surface area contributed by atoms with E-state index < -0.39 is 0 Å². The van der Waals surface area contributed by atoms with Gasteiger partial charge in [-0.15, -0.1) is 0 Å². The number of benzene rings is 1. The van der Waals surface area contributed by atoms with Crippen molar-refractivity contribution >= 4 is 0 Å². The number of nitrogens with zero attached hydrogens (tertiary/aromatic N) is 2. The van der Waals surface area contributed by atoms with Crippen LogP contribution < -0.4 is 9.47 Å². The van der Waals surface area contributed by atoms with Crippen molar-refractivity contribution in [2.45, 2.75) is 0 Å². The SMILES string of the molecule is [c]1ncc(-c2ccc3c(c2)OCO3)cn1. The molecule has 0 saturated heterocycles. The number of hydrogen-bond acceptors (Lipinski definition) is 4. The lowest BCUT2D eigenvalue weighted by Crippen LogP contribution is -1.92. The fourth-order valence-electron chi connectivity index (χ4n) is 1.49. The van der Waals surface area contributed by atoms with Crippen molar-refractivity contribution in [1.29, 1.82) is 0 Å². The van der Waals surface area contributed by atoms with Gasteiger partial charge in [0.05, 0.1) is 0 Å². The normalized spacial score (nSPS) is 12.8. The molecule has 0 fully saturated rings. The second-order valence-corrected chi connectivity index (χ2v) is 3.14. The maximum Gasteiger partial charge on any atom is 0.231 e. The topological polar surface area (TPSA) is 44.2 Å². The maximum absolute atomic E-state index is 5.29. The average molecular weight is 199 g/mol. The van der Waals surface area contributed by atoms with Gasteiger partial charge < -0.3 is 9.47 Å². The molecule has 15 heavy (non-hydrogen) atoms. The summed E-state index contributed by atoms with van der Waals surface area (Å²) in [6.45, 7) is 0.290. The van der Waals surface area contributed by atoms with E-state index in [1.807, 2.05) is 18.2 Å². The van der Waals surface area contributed by atoms with Gasteiger partial charge in [0.1, 0.15) is 0 Å². The molecule has 0 spiro atoms. The molecule has 0 atom stereocenters. The number of rotatable bonds is 1. The molecule has 4 nitrogen and oxygen atoms in total. The van der Waals surface area contributed by atoms with Crippen LogP contribution in [0.5, 0.6) is 11.5 Å². The van der Waals surface area contributed by atoms with Gasteiger partial charge in [-0.05, 0) is 17.7 Å². The number of aromatic nitrogens is 2. The van der Waals surface area contributed by atoms with Crippen LogP contribution >= 0.6 is 0 Å². The van der Waals surface area contributed by atoms with Crippen LogP contribution in [0, 0.1) is 6.33 Å². The summed E-state index contributed by atoms with van der Waals surface area (Å²) in [6.07, 6.45) is 5.92. The molecule has 0 unspecified atom stereocenters. The van der Waals surface area contributed by atoms with Crippen molar-refractivity contribution in [3.05, 3.63) is 36.9 Å². The van der Waals surface area contributed by atoms with Crippen LogP contribution in [0.25, 0.3) is 11.1 Å². The van der Waals surface area contributed by atoms with Crippen LogP contribution in [0.4, 0.5) is 0 Å². The molecular formula is C11H7N2O2. The molecule has 1 aromatic carbocycles. The highest BCUT2D eigenvalue weighted by atomic mass is 16.7. The van der Waals surface area contributed by atoms with E-state index >= 15 is 0 Å². The minimum absolute atomic E-state index is 0.290. The maximum atomic E-state index is 5.29. The third-order valence-corrected chi connectivity index (χ3v) is 2.23. The predicted molar refractivity (Wildman–Crippen MR) is 52.4 cm³/mol. The van der Waals surface area contributed by atoms with Gasteiger partial charge in [0.15, 0.2) is 17.8 Å². The van der Waals surface area contributed by atoms with Crippen LogP contribution in [-0.4, -0.2) is 16.8 Å². The lowest BCUT2D eigenvalue weighted by Gasteiger charge is -2.01. The Kier molecular flexibility index (Phi) is 1.78. The Bertz CT molecular complexity index is 485. The van der Waals surface area contributed by atoms with Crippen molar-refractivity contribution < 1.29 is 9.47 Å². The second-order valence-electron chi connectivity index (χ2n) is 3.14. The molecule has 1 aliphatic heterocycles. The van der Waals surface area contributed by atoms with E-state index in [4.69, 9.17) is 9.47 Å². The second kappa shape index (κ2) is 3.24. The monoisotopic (exact) mass is 199 g/mol. The van der Waals surface area contributed by atoms with Gasteiger partial charge in [0.25, 0.3) is 0 Å². The Balaban J connectivity index is 2.07. The quantitative estimate of drug-likeness (QED) is 0.700. The van der Waals surface area contributed by atoms with E-state index in [0.29, 0.717) is 0 Å². The van der Waals surface area contributed by atoms with Gasteiger partial charge in [-0.2, -0.15) is 0 Å². The van der Waals surface area contributed by atoms with Gasteiger partial charge in [0, 0.05) is 18.0 Å². The molecule has 3 rings (SSSR count). The van der Waals surface area contributed by atoms with E-state index in [1.165, 1.54) is 0 Å². The van der Waals surface area contributed by atoms with Crippen LogP contribution in [-0.2, 0) is 0 Å². The predicted octanol–water partition coefficient (Wildman–Crippen LogP) is 1.67. The number of hydrogen-bond donors (Lipinski definition) is 0. The lowest BCUT2D eigenvalue weighted by molar-refractivity contribution is 0.174. The summed E-state index contributed by atoms with van der Waals surface area (Å²) in [5.74, 6) is 1.54. The molecule has 0 amide bonds. The van der Waals surface area contributed by atoms with Crippen LogP contribution in [0.3, 0.4) is 0 Å². The molecule has 0 saturated carbocycles. The molecule has 2 aromatic rings. The van der Waals surface area contributed by atoms with Gasteiger partial charge in [0.2, 0.25) is 6.79 Å². The molecule has 0 bridgehead atoms. The molecule has 4 heteroatoms. The molecule has 1 aromatic heterocycles. The van der Waals surface area contributed by atoms with E-state index in [9.17, 15) is 0 Å². The summed E-state index contributed by atoms with van der Waals surface area (Å²) >= 11 is 0. The van der Waals surface area contributed by atoms with E-state index in [-0.39, 0.29) is 6.79 Å². The Morgan fingerprint density at radius 2 is 1.80 bits per heavy atom. The molecule has 0 aliphatic carbocycles. The smallest absolute Gasteiger partial charge is 0.231 e. The zero-order valence-electron chi connectivity index (χ0n) is 7.80. The van der Waals surface area contributed by atoms with E-state index in [2.05, 4.69) is 16.3 Å². The highest BCUT2D eigenvalue weighted by molar-refractivity contribution is 5.65. The Labute approximate surface area is 86.5 Å². The Morgan fingerprint density at radius 1 is 1.00 bits per heavy atom. The largest absolute Gasteiger partial charge is 0.454 e. The summed E-state index contributed by atoms with van der Waals surface area (Å²) < 4.78 is 10.5. The van der Waals surface area contributed by atoms with Crippen molar-refractivity contribution in [2.75, 3.05) is 6.79 Å². The number of fused-ring (bicyclic) bond motifs is 1.